The molecule has 1 amide bonds. The first-order valence-electron chi connectivity index (χ1n) is 3.88. The third kappa shape index (κ3) is 2.85. The fraction of sp³-hybridized carbons (Fsp3) is 0.222. The van der Waals surface area contributed by atoms with Crippen LogP contribution in [0.4, 0.5) is 10.5 Å². The second-order valence-corrected chi connectivity index (χ2v) is 2.94. The lowest BCUT2D eigenvalue weighted by Gasteiger charge is -2.07. The van der Waals surface area contributed by atoms with Gasteiger partial charge in [0.2, 0.25) is 0 Å². The Hall–Kier alpha value is -1.36. The third-order valence-corrected chi connectivity index (χ3v) is 1.71. The first-order chi connectivity index (χ1) is 6.65. The van der Waals surface area contributed by atoms with Crippen molar-refractivity contribution in [1.82, 2.24) is 0 Å². The van der Waals surface area contributed by atoms with Gasteiger partial charge in [0.25, 0.3) is 5.24 Å². The summed E-state index contributed by atoms with van der Waals surface area (Å²) < 4.78 is 10.0. The maximum absolute atomic E-state index is 10.7. The molecule has 0 radical (unpaired) electrons. The Labute approximate surface area is 87.6 Å². The van der Waals surface area contributed by atoms with Gasteiger partial charge in [-0.3, -0.25) is 4.79 Å². The lowest BCUT2D eigenvalue weighted by molar-refractivity contribution is 0.270. The van der Waals surface area contributed by atoms with Gasteiger partial charge < -0.3 is 14.8 Å². The van der Waals surface area contributed by atoms with Crippen molar-refractivity contribution >= 4 is 23.6 Å². The smallest absolute Gasteiger partial charge is 0.280 e. The summed E-state index contributed by atoms with van der Waals surface area (Å²) in [6, 6.07) is 5.07. The topological polar surface area (TPSA) is 47.6 Å². The Morgan fingerprint density at radius 2 is 1.71 bits per heavy atom. The fourth-order valence-corrected chi connectivity index (χ4v) is 1.13. The molecule has 0 unspecified atom stereocenters. The van der Waals surface area contributed by atoms with Crippen LogP contribution in [0.15, 0.2) is 18.2 Å². The number of carbonyl (C=O) groups is 1. The molecule has 76 valence electrons. The monoisotopic (exact) mass is 213 g/mol. The quantitative estimate of drug-likeness (QED) is 0.756. The van der Waals surface area contributed by atoms with Crippen molar-refractivity contribution in [3.8, 4) is 11.5 Å². The van der Waals surface area contributed by atoms with E-state index in [1.54, 1.807) is 32.4 Å². The number of amides is 1. The van der Waals surface area contributed by atoms with E-state index in [4.69, 9.17) is 9.47 Å². The minimum absolute atomic E-state index is 0.430. The second-order valence-electron chi connectivity index (χ2n) is 2.53. The molecule has 4 nitrogen and oxygen atoms in total. The first kappa shape index (κ1) is 10.7. The summed E-state index contributed by atoms with van der Waals surface area (Å²) in [4.78, 5) is 10.7. The van der Waals surface area contributed by atoms with E-state index in [1.807, 2.05) is 0 Å². The molecule has 0 fully saturated rings. The molecule has 0 aliphatic heterocycles. The molecule has 5 heteroatoms. The number of rotatable bonds is 3. The Balaban J connectivity index is 2.98. The van der Waals surface area contributed by atoms with Gasteiger partial charge in [-0.05, 0) is 0 Å². The van der Waals surface area contributed by atoms with E-state index in [0.29, 0.717) is 17.2 Å². The number of nitrogens with one attached hydrogen (secondary N) is 1. The van der Waals surface area contributed by atoms with Crippen molar-refractivity contribution < 1.29 is 14.3 Å². The number of benzene rings is 1. The number of hydrogen-bond donors (Lipinski definition) is 2. The molecule has 0 spiro atoms. The van der Waals surface area contributed by atoms with Crippen molar-refractivity contribution in [3.05, 3.63) is 18.2 Å². The van der Waals surface area contributed by atoms with Crippen LogP contribution in [0.2, 0.25) is 0 Å². The average Bonchev–Trinajstić information content (AvgIpc) is 2.16. The summed E-state index contributed by atoms with van der Waals surface area (Å²) in [6.45, 7) is 0. The van der Waals surface area contributed by atoms with Gasteiger partial charge in [-0.1, -0.05) is 12.6 Å². The average molecular weight is 213 g/mol. The number of ether oxygens (including phenoxy) is 2. The van der Waals surface area contributed by atoms with Crippen LogP contribution in [0.1, 0.15) is 0 Å². The lowest BCUT2D eigenvalue weighted by Crippen LogP contribution is -2.01. The van der Waals surface area contributed by atoms with Gasteiger partial charge in [0.15, 0.2) is 0 Å². The van der Waals surface area contributed by atoms with E-state index in [1.165, 1.54) is 0 Å². The zero-order valence-corrected chi connectivity index (χ0v) is 8.80. The highest BCUT2D eigenvalue weighted by atomic mass is 32.1. The Morgan fingerprint density at radius 1 is 1.21 bits per heavy atom. The zero-order valence-electron chi connectivity index (χ0n) is 7.90. The molecule has 0 saturated heterocycles. The Morgan fingerprint density at radius 3 is 2.07 bits per heavy atom. The van der Waals surface area contributed by atoms with Crippen LogP contribution in [0, 0.1) is 0 Å². The van der Waals surface area contributed by atoms with Gasteiger partial charge in [0.1, 0.15) is 11.5 Å². The molecule has 0 atom stereocenters. The SMILES string of the molecule is COc1cc(NC(=O)S)cc(OC)c1. The van der Waals surface area contributed by atoms with Gasteiger partial charge in [-0.25, -0.2) is 0 Å². The summed E-state index contributed by atoms with van der Waals surface area (Å²) in [5.74, 6) is 1.22. The minimum Gasteiger partial charge on any atom is -0.497 e. The molecule has 1 aromatic rings. The predicted molar refractivity (Wildman–Crippen MR) is 57.6 cm³/mol. The van der Waals surface area contributed by atoms with E-state index in [0.717, 1.165) is 0 Å². The summed E-state index contributed by atoms with van der Waals surface area (Å²) in [7, 11) is 3.09. The van der Waals surface area contributed by atoms with E-state index in [9.17, 15) is 4.79 Å². The van der Waals surface area contributed by atoms with Crippen LogP contribution in [-0.4, -0.2) is 19.5 Å². The molecule has 0 heterocycles. The van der Waals surface area contributed by atoms with Crippen LogP contribution in [-0.2, 0) is 0 Å². The van der Waals surface area contributed by atoms with E-state index < -0.39 is 5.24 Å². The highest BCUT2D eigenvalue weighted by Gasteiger charge is 2.02. The molecule has 0 aromatic heterocycles. The van der Waals surface area contributed by atoms with Gasteiger partial charge in [-0.2, -0.15) is 0 Å². The van der Waals surface area contributed by atoms with Gasteiger partial charge in [-0.15, -0.1) is 0 Å². The maximum atomic E-state index is 10.7. The van der Waals surface area contributed by atoms with Crippen molar-refractivity contribution in [2.45, 2.75) is 0 Å². The lowest BCUT2D eigenvalue weighted by atomic mass is 10.3. The summed E-state index contributed by atoms with van der Waals surface area (Å²) >= 11 is 3.60. The Kier molecular flexibility index (Phi) is 3.64. The third-order valence-electron chi connectivity index (χ3n) is 1.60. The van der Waals surface area contributed by atoms with E-state index >= 15 is 0 Å². The van der Waals surface area contributed by atoms with E-state index in [2.05, 4.69) is 17.9 Å². The van der Waals surface area contributed by atoms with Gasteiger partial charge >= 0.3 is 0 Å². The fourth-order valence-electron chi connectivity index (χ4n) is 1.00. The molecule has 1 rings (SSSR count). The summed E-state index contributed by atoms with van der Waals surface area (Å²) in [5, 5.41) is 2.09. The van der Waals surface area contributed by atoms with Crippen molar-refractivity contribution in [3.63, 3.8) is 0 Å². The molecule has 0 bridgehead atoms. The summed E-state index contributed by atoms with van der Waals surface area (Å²) in [5.41, 5.74) is 0.584. The van der Waals surface area contributed by atoms with Gasteiger partial charge in [0, 0.05) is 23.9 Å². The van der Waals surface area contributed by atoms with Crippen LogP contribution in [0.25, 0.3) is 0 Å². The number of carbonyl (C=O) groups excluding carboxylic acids is 1. The molecule has 14 heavy (non-hydrogen) atoms. The van der Waals surface area contributed by atoms with Crippen molar-refractivity contribution in [2.24, 2.45) is 0 Å². The molecule has 0 saturated carbocycles. The highest BCUT2D eigenvalue weighted by molar-refractivity contribution is 7.96. The largest absolute Gasteiger partial charge is 0.497 e. The van der Waals surface area contributed by atoms with Crippen LogP contribution < -0.4 is 14.8 Å². The minimum atomic E-state index is -0.430. The van der Waals surface area contributed by atoms with Crippen molar-refractivity contribution in [2.75, 3.05) is 19.5 Å². The number of hydrogen-bond acceptors (Lipinski definition) is 3. The molecule has 1 N–H and O–H groups in total. The molecular formula is C9H11NO3S. The molecular weight excluding hydrogens is 202 g/mol. The van der Waals surface area contributed by atoms with Crippen molar-refractivity contribution in [1.29, 1.82) is 0 Å². The van der Waals surface area contributed by atoms with Crippen LogP contribution >= 0.6 is 12.6 Å². The first-order valence-corrected chi connectivity index (χ1v) is 4.33. The number of anilines is 1. The number of methoxy groups -OCH3 is 2. The van der Waals surface area contributed by atoms with E-state index in [-0.39, 0.29) is 0 Å². The zero-order chi connectivity index (χ0) is 10.6. The summed E-state index contributed by atoms with van der Waals surface area (Å²) in [6.07, 6.45) is 0. The highest BCUT2D eigenvalue weighted by Crippen LogP contribution is 2.25. The van der Waals surface area contributed by atoms with Gasteiger partial charge in [0.05, 0.1) is 14.2 Å². The standard InChI is InChI=1S/C9H11NO3S/c1-12-7-3-6(10-9(11)14)4-8(5-7)13-2/h3-5H,1-2H3,(H2,10,11,14). The maximum Gasteiger partial charge on any atom is 0.280 e. The molecule has 0 aliphatic carbocycles. The molecule has 0 aliphatic rings. The van der Waals surface area contributed by atoms with Crippen LogP contribution in [0.5, 0.6) is 11.5 Å². The molecule has 1 aromatic carbocycles. The normalized spacial score (nSPS) is 9.36. The number of thiol groups is 1. The Bertz CT molecular complexity index is 319. The second kappa shape index (κ2) is 4.76. The predicted octanol–water partition coefficient (Wildman–Crippen LogP) is 2.17. The van der Waals surface area contributed by atoms with Crippen LogP contribution in [0.3, 0.4) is 0 Å².